The molecule has 0 radical (unpaired) electrons. The van der Waals surface area contributed by atoms with Gasteiger partial charge in [-0.2, -0.15) is 0 Å². The fraction of sp³-hybridized carbons (Fsp3) is 0.679. The van der Waals surface area contributed by atoms with E-state index in [4.69, 9.17) is 9.47 Å². The van der Waals surface area contributed by atoms with Crippen LogP contribution in [-0.2, 0) is 30.3 Å². The van der Waals surface area contributed by atoms with E-state index in [9.17, 15) is 24.5 Å². The molecule has 0 unspecified atom stereocenters. The van der Waals surface area contributed by atoms with E-state index in [1.54, 1.807) is 58.7 Å². The minimum Gasteiger partial charge on any atom is -0.459 e. The number of nitrogens with one attached hydrogen (secondary N) is 1. The number of benzene rings is 1. The third kappa shape index (κ3) is 8.72. The summed E-state index contributed by atoms with van der Waals surface area (Å²) in [5.41, 5.74) is -0.569. The third-order valence-electron chi connectivity index (χ3n) is 6.57. The summed E-state index contributed by atoms with van der Waals surface area (Å²) in [6.45, 7) is 12.1. The summed E-state index contributed by atoms with van der Waals surface area (Å²) in [5.74, 6) is -1.16. The molecular weight excluding hydrogens is 504 g/mol. The van der Waals surface area contributed by atoms with E-state index < -0.39 is 46.2 Å². The molecule has 3 rings (SSSR count). The Morgan fingerprint density at radius 2 is 1.62 bits per heavy atom. The second-order valence-electron chi connectivity index (χ2n) is 12.2. The molecule has 0 aromatic heterocycles. The van der Waals surface area contributed by atoms with E-state index in [-0.39, 0.29) is 11.6 Å². The van der Waals surface area contributed by atoms with Gasteiger partial charge in [0.05, 0.1) is 11.0 Å². The smallest absolute Gasteiger partial charge is 0.331 e. The van der Waals surface area contributed by atoms with Gasteiger partial charge in [0, 0.05) is 25.2 Å². The molecule has 2 aliphatic heterocycles. The van der Waals surface area contributed by atoms with Crippen molar-refractivity contribution in [2.45, 2.75) is 109 Å². The Morgan fingerprint density at radius 1 is 1.03 bits per heavy atom. The van der Waals surface area contributed by atoms with Crippen molar-refractivity contribution < 1.29 is 28.8 Å². The van der Waals surface area contributed by atoms with Crippen LogP contribution in [0.25, 0.3) is 0 Å². The summed E-state index contributed by atoms with van der Waals surface area (Å²) in [6, 6.07) is 4.00. The number of ether oxygens (including phenoxy) is 2. The van der Waals surface area contributed by atoms with Crippen molar-refractivity contribution in [1.82, 2.24) is 15.3 Å². The van der Waals surface area contributed by atoms with E-state index in [0.29, 0.717) is 45.2 Å². The van der Waals surface area contributed by atoms with Crippen LogP contribution in [0.2, 0.25) is 0 Å². The van der Waals surface area contributed by atoms with Crippen LogP contribution >= 0.6 is 0 Å². The summed E-state index contributed by atoms with van der Waals surface area (Å²) in [5, 5.41) is 17.7. The third-order valence-corrected chi connectivity index (χ3v) is 6.57. The van der Waals surface area contributed by atoms with Crippen LogP contribution in [0.15, 0.2) is 24.3 Å². The van der Waals surface area contributed by atoms with Gasteiger partial charge in [-0.15, -0.1) is 0 Å². The van der Waals surface area contributed by atoms with E-state index in [1.165, 1.54) is 12.1 Å². The lowest BCUT2D eigenvalue weighted by atomic mass is 10.0. The highest BCUT2D eigenvalue weighted by molar-refractivity contribution is 5.88. The number of fused-ring (bicyclic) bond motifs is 1. The van der Waals surface area contributed by atoms with Gasteiger partial charge in [0.15, 0.2) is 0 Å². The van der Waals surface area contributed by atoms with Crippen LogP contribution in [0.4, 0.5) is 5.69 Å². The Kier molecular flexibility index (Phi) is 9.71. The van der Waals surface area contributed by atoms with Gasteiger partial charge in [-0.3, -0.25) is 30.0 Å². The zero-order valence-corrected chi connectivity index (χ0v) is 23.9. The molecule has 2 saturated heterocycles. The topological polar surface area (TPSA) is 131 Å². The van der Waals surface area contributed by atoms with E-state index in [0.717, 1.165) is 12.0 Å². The molecule has 1 aromatic rings. The van der Waals surface area contributed by atoms with Crippen LogP contribution in [0.1, 0.15) is 79.2 Å². The van der Waals surface area contributed by atoms with Crippen LogP contribution in [0.5, 0.6) is 0 Å². The molecule has 3 atom stereocenters. The number of hydrazine groups is 1. The first-order chi connectivity index (χ1) is 18.1. The molecule has 11 nitrogen and oxygen atoms in total. The largest absolute Gasteiger partial charge is 0.459 e. The van der Waals surface area contributed by atoms with E-state index >= 15 is 0 Å². The Labute approximate surface area is 230 Å². The Morgan fingerprint density at radius 3 is 2.18 bits per heavy atom. The number of nitro benzene ring substituents is 1. The van der Waals surface area contributed by atoms with Gasteiger partial charge in [-0.1, -0.05) is 12.1 Å². The number of nitro groups is 1. The average molecular weight is 547 g/mol. The number of hydrogen-bond acceptors (Lipinski definition) is 9. The molecule has 0 spiro atoms. The molecule has 1 N–H and O–H groups in total. The molecule has 1 amide bonds. The zero-order valence-electron chi connectivity index (χ0n) is 23.9. The number of hydrogen-bond donors (Lipinski definition) is 1. The Balaban J connectivity index is 1.80. The second kappa shape index (κ2) is 12.4. The van der Waals surface area contributed by atoms with Gasteiger partial charge in [0.2, 0.25) is 0 Å². The van der Waals surface area contributed by atoms with Crippen molar-refractivity contribution in [1.29, 1.82) is 0 Å². The maximum absolute atomic E-state index is 13.9. The predicted molar refractivity (Wildman–Crippen MR) is 144 cm³/mol. The molecular formula is C28H42N4O7. The fourth-order valence-electron chi connectivity index (χ4n) is 4.89. The van der Waals surface area contributed by atoms with Gasteiger partial charge in [-0.25, -0.2) is 9.80 Å². The molecule has 216 valence electrons. The maximum Gasteiger partial charge on any atom is 0.331 e. The molecule has 2 heterocycles. The molecule has 0 aliphatic carbocycles. The molecule has 11 heteroatoms. The molecule has 0 saturated carbocycles. The molecule has 1 aromatic carbocycles. The molecule has 39 heavy (non-hydrogen) atoms. The summed E-state index contributed by atoms with van der Waals surface area (Å²) in [7, 11) is 0. The number of non-ortho nitro benzene ring substituents is 1. The maximum atomic E-state index is 13.9. The minimum absolute atomic E-state index is 0.00440. The number of amides is 1. The highest BCUT2D eigenvalue weighted by Crippen LogP contribution is 2.27. The number of esters is 2. The predicted octanol–water partition coefficient (Wildman–Crippen LogP) is 3.54. The van der Waals surface area contributed by atoms with Crippen LogP contribution in [-0.4, -0.2) is 75.2 Å². The highest BCUT2D eigenvalue weighted by Gasteiger charge is 2.44. The number of aryl methyl sites for hydroxylation is 1. The van der Waals surface area contributed by atoms with Gasteiger partial charge in [0.25, 0.3) is 11.6 Å². The van der Waals surface area contributed by atoms with Crippen molar-refractivity contribution in [3.05, 3.63) is 39.9 Å². The lowest BCUT2D eigenvalue weighted by Crippen LogP contribution is -2.62. The van der Waals surface area contributed by atoms with Gasteiger partial charge in [-0.05, 0) is 85.6 Å². The van der Waals surface area contributed by atoms with Crippen LogP contribution in [0.3, 0.4) is 0 Å². The van der Waals surface area contributed by atoms with E-state index in [2.05, 4.69) is 5.32 Å². The van der Waals surface area contributed by atoms with E-state index in [1.807, 2.05) is 5.01 Å². The first-order valence-corrected chi connectivity index (χ1v) is 13.7. The summed E-state index contributed by atoms with van der Waals surface area (Å²) < 4.78 is 11.3. The number of rotatable bonds is 8. The first kappa shape index (κ1) is 30.5. The normalized spacial score (nSPS) is 21.5. The van der Waals surface area contributed by atoms with Crippen molar-refractivity contribution in [3.63, 3.8) is 0 Å². The number of carbonyl (C=O) groups is 3. The number of carbonyl (C=O) groups excluding carboxylic acids is 3. The first-order valence-electron chi connectivity index (χ1n) is 13.7. The quantitative estimate of drug-likeness (QED) is 0.295. The van der Waals surface area contributed by atoms with Crippen molar-refractivity contribution in [3.8, 4) is 0 Å². The van der Waals surface area contributed by atoms with Crippen molar-refractivity contribution in [2.24, 2.45) is 0 Å². The van der Waals surface area contributed by atoms with Gasteiger partial charge >= 0.3 is 11.9 Å². The van der Waals surface area contributed by atoms with Gasteiger partial charge in [0.1, 0.15) is 23.3 Å². The highest BCUT2D eigenvalue weighted by atomic mass is 16.6. The standard InChI is InChI=1S/C28H42N4O7/c1-27(2,3)38-25(34)22(16-13-19-11-14-20(15-12-19)32(36)37)29-21-9-7-17-30-18-8-10-23(31(30)24(21)33)26(35)39-28(4,5)6/h11-12,14-15,21-23,29H,7-10,13,16-18H2,1-6H3/t21-,22+,23-/m0/s1. The van der Waals surface area contributed by atoms with Gasteiger partial charge < -0.3 is 9.47 Å². The van der Waals surface area contributed by atoms with Crippen LogP contribution in [0, 0.1) is 10.1 Å². The molecule has 2 fully saturated rings. The zero-order chi connectivity index (χ0) is 29.0. The Hall–Kier alpha value is -3.05. The second-order valence-corrected chi connectivity index (χ2v) is 12.2. The summed E-state index contributed by atoms with van der Waals surface area (Å²) in [6.07, 6.45) is 3.29. The fourth-order valence-corrected chi connectivity index (χ4v) is 4.89. The molecule has 2 aliphatic rings. The SMILES string of the molecule is CC(C)(C)OC(=O)[C@@H](CCc1ccc([N+](=O)[O-])cc1)N[C@H]1CCCN2CCC[C@@H](C(=O)OC(C)(C)C)N2C1=O. The van der Waals surface area contributed by atoms with Crippen molar-refractivity contribution in [2.75, 3.05) is 13.1 Å². The lowest BCUT2D eigenvalue weighted by molar-refractivity contribution is -0.384. The molecule has 0 bridgehead atoms. The average Bonchev–Trinajstić information content (AvgIpc) is 2.98. The van der Waals surface area contributed by atoms with Crippen molar-refractivity contribution >= 4 is 23.5 Å². The summed E-state index contributed by atoms with van der Waals surface area (Å²) >= 11 is 0. The Bertz CT molecular complexity index is 1050. The lowest BCUT2D eigenvalue weighted by Gasteiger charge is -2.43. The number of nitrogens with zero attached hydrogens (tertiary/aromatic N) is 3. The minimum atomic E-state index is -0.787. The summed E-state index contributed by atoms with van der Waals surface area (Å²) in [4.78, 5) is 50.7. The van der Waals surface area contributed by atoms with Crippen LogP contribution < -0.4 is 5.32 Å². The monoisotopic (exact) mass is 546 g/mol.